The zero-order valence-corrected chi connectivity index (χ0v) is 11.3. The summed E-state index contributed by atoms with van der Waals surface area (Å²) in [6, 6.07) is -1.86. The van der Waals surface area contributed by atoms with Crippen LogP contribution in [0.1, 0.15) is 32.6 Å². The smallest absolute Gasteiger partial charge is 0.326 e. The number of hydrogen-bond acceptors (Lipinski definition) is 4. The van der Waals surface area contributed by atoms with Crippen molar-refractivity contribution in [2.45, 2.75) is 50.8 Å². The Hall–Kier alpha value is -1.83. The van der Waals surface area contributed by atoms with E-state index in [1.807, 2.05) is 6.92 Å². The van der Waals surface area contributed by atoms with Crippen LogP contribution in [0.25, 0.3) is 0 Å². The van der Waals surface area contributed by atoms with Crippen molar-refractivity contribution >= 4 is 18.0 Å². The fourth-order valence-electron chi connectivity index (χ4n) is 2.04. The molecule has 8 heteroatoms. The van der Waals surface area contributed by atoms with Gasteiger partial charge in [0.2, 0.25) is 0 Å². The molecule has 0 spiro atoms. The normalized spacial score (nSPS) is 23.6. The quantitative estimate of drug-likeness (QED) is 0.552. The third-order valence-electron chi connectivity index (χ3n) is 3.07. The Morgan fingerprint density at radius 3 is 2.60 bits per heavy atom. The SMILES string of the molecule is CC1CC(NC(=O)NC(CCC(=O)O)C(=O)O)CCO1. The number of carboxylic acids is 2. The minimum absolute atomic E-state index is 0.0522. The van der Waals surface area contributed by atoms with Crippen LogP contribution in [0.15, 0.2) is 0 Å². The predicted molar refractivity (Wildman–Crippen MR) is 68.4 cm³/mol. The second-order valence-corrected chi connectivity index (χ2v) is 4.84. The maximum absolute atomic E-state index is 11.7. The minimum Gasteiger partial charge on any atom is -0.481 e. The molecule has 8 nitrogen and oxygen atoms in total. The van der Waals surface area contributed by atoms with Gasteiger partial charge in [0, 0.05) is 19.1 Å². The number of carboxylic acid groups (broad SMARTS) is 2. The monoisotopic (exact) mass is 288 g/mol. The molecule has 0 radical (unpaired) electrons. The number of urea groups is 1. The number of aliphatic carboxylic acids is 2. The number of ether oxygens (including phenoxy) is 1. The first kappa shape index (κ1) is 16.2. The van der Waals surface area contributed by atoms with Gasteiger partial charge < -0.3 is 25.6 Å². The molecule has 0 aromatic carbocycles. The molecule has 1 rings (SSSR count). The minimum atomic E-state index is -1.25. The van der Waals surface area contributed by atoms with Crippen LogP contribution in [0.4, 0.5) is 4.79 Å². The van der Waals surface area contributed by atoms with E-state index in [1.54, 1.807) is 0 Å². The number of rotatable bonds is 6. The van der Waals surface area contributed by atoms with E-state index >= 15 is 0 Å². The predicted octanol–water partition coefficient (Wildman–Crippen LogP) is 0.171. The molecule has 0 aromatic heterocycles. The Morgan fingerprint density at radius 1 is 1.35 bits per heavy atom. The van der Waals surface area contributed by atoms with Gasteiger partial charge >= 0.3 is 18.0 Å². The van der Waals surface area contributed by atoms with Gasteiger partial charge in [-0.25, -0.2) is 9.59 Å². The maximum atomic E-state index is 11.7. The zero-order valence-electron chi connectivity index (χ0n) is 11.3. The summed E-state index contributed by atoms with van der Waals surface area (Å²) < 4.78 is 5.34. The molecule has 1 fully saturated rings. The van der Waals surface area contributed by atoms with Crippen LogP contribution in [-0.4, -0.2) is 53.0 Å². The fraction of sp³-hybridized carbons (Fsp3) is 0.750. The number of carbonyl (C=O) groups excluding carboxylic acids is 1. The molecular weight excluding hydrogens is 268 g/mol. The molecule has 4 N–H and O–H groups in total. The average molecular weight is 288 g/mol. The van der Waals surface area contributed by atoms with E-state index in [0.29, 0.717) is 19.4 Å². The van der Waals surface area contributed by atoms with Crippen LogP contribution in [0.5, 0.6) is 0 Å². The van der Waals surface area contributed by atoms with E-state index in [4.69, 9.17) is 14.9 Å². The molecule has 0 aliphatic carbocycles. The van der Waals surface area contributed by atoms with Gasteiger partial charge in [-0.05, 0) is 26.2 Å². The highest BCUT2D eigenvalue weighted by atomic mass is 16.5. The Kier molecular flexibility index (Phi) is 6.23. The molecule has 20 heavy (non-hydrogen) atoms. The first-order valence-corrected chi connectivity index (χ1v) is 6.51. The zero-order chi connectivity index (χ0) is 15.1. The van der Waals surface area contributed by atoms with Crippen LogP contribution in [0, 0.1) is 0 Å². The number of nitrogens with one attached hydrogen (secondary N) is 2. The molecule has 114 valence electrons. The lowest BCUT2D eigenvalue weighted by atomic mass is 10.0. The number of carbonyl (C=O) groups is 3. The van der Waals surface area contributed by atoms with E-state index in [0.717, 1.165) is 0 Å². The third-order valence-corrected chi connectivity index (χ3v) is 3.07. The highest BCUT2D eigenvalue weighted by molar-refractivity contribution is 5.83. The second kappa shape index (κ2) is 7.68. The van der Waals surface area contributed by atoms with Gasteiger partial charge in [0.15, 0.2) is 0 Å². The van der Waals surface area contributed by atoms with Crippen LogP contribution < -0.4 is 10.6 Å². The van der Waals surface area contributed by atoms with E-state index in [-0.39, 0.29) is 25.0 Å². The summed E-state index contributed by atoms with van der Waals surface area (Å²) in [6.45, 7) is 2.45. The molecule has 0 saturated carbocycles. The van der Waals surface area contributed by atoms with Crippen molar-refractivity contribution < 1.29 is 29.3 Å². The van der Waals surface area contributed by atoms with Crippen LogP contribution in [-0.2, 0) is 14.3 Å². The van der Waals surface area contributed by atoms with Gasteiger partial charge in [-0.3, -0.25) is 4.79 Å². The van der Waals surface area contributed by atoms with Gasteiger partial charge in [-0.2, -0.15) is 0 Å². The topological polar surface area (TPSA) is 125 Å². The molecule has 1 heterocycles. The highest BCUT2D eigenvalue weighted by Gasteiger charge is 2.24. The lowest BCUT2D eigenvalue weighted by Gasteiger charge is -2.28. The standard InChI is InChI=1S/C12H20N2O6/c1-7-6-8(4-5-20-7)13-12(19)14-9(11(17)18)2-3-10(15)16/h7-9H,2-6H2,1H3,(H,15,16)(H,17,18)(H2,13,14,19). The van der Waals surface area contributed by atoms with E-state index in [1.165, 1.54) is 0 Å². The Balaban J connectivity index is 2.40. The second-order valence-electron chi connectivity index (χ2n) is 4.84. The lowest BCUT2D eigenvalue weighted by molar-refractivity contribution is -0.140. The summed E-state index contributed by atoms with van der Waals surface area (Å²) in [5.41, 5.74) is 0. The summed E-state index contributed by atoms with van der Waals surface area (Å²) in [5.74, 6) is -2.35. The molecule has 1 aliphatic rings. The molecular formula is C12H20N2O6. The van der Waals surface area contributed by atoms with Gasteiger partial charge in [-0.15, -0.1) is 0 Å². The summed E-state index contributed by atoms with van der Waals surface area (Å²) >= 11 is 0. The number of hydrogen-bond donors (Lipinski definition) is 4. The van der Waals surface area contributed by atoms with E-state index in [2.05, 4.69) is 10.6 Å². The van der Waals surface area contributed by atoms with Gasteiger partial charge in [0.05, 0.1) is 6.10 Å². The molecule has 0 bridgehead atoms. The number of amides is 2. The highest BCUT2D eigenvalue weighted by Crippen LogP contribution is 2.12. The lowest BCUT2D eigenvalue weighted by Crippen LogP contribution is -2.50. The van der Waals surface area contributed by atoms with Gasteiger partial charge in [-0.1, -0.05) is 0 Å². The summed E-state index contributed by atoms with van der Waals surface area (Å²) in [5, 5.41) is 22.4. The van der Waals surface area contributed by atoms with Gasteiger partial charge in [0.25, 0.3) is 0 Å². The van der Waals surface area contributed by atoms with Crippen LogP contribution in [0.3, 0.4) is 0 Å². The molecule has 2 amide bonds. The van der Waals surface area contributed by atoms with Crippen LogP contribution in [0.2, 0.25) is 0 Å². The third kappa shape index (κ3) is 5.87. The largest absolute Gasteiger partial charge is 0.481 e. The van der Waals surface area contributed by atoms with Gasteiger partial charge in [0.1, 0.15) is 6.04 Å². The fourth-order valence-corrected chi connectivity index (χ4v) is 2.04. The maximum Gasteiger partial charge on any atom is 0.326 e. The van der Waals surface area contributed by atoms with Crippen molar-refractivity contribution in [3.05, 3.63) is 0 Å². The van der Waals surface area contributed by atoms with Crippen molar-refractivity contribution in [3.8, 4) is 0 Å². The Labute approximate surface area is 116 Å². The first-order valence-electron chi connectivity index (χ1n) is 6.51. The summed E-state index contributed by atoms with van der Waals surface area (Å²) in [6.07, 6.45) is 0.926. The first-order chi connectivity index (χ1) is 9.38. The Morgan fingerprint density at radius 2 is 2.05 bits per heavy atom. The molecule has 1 saturated heterocycles. The van der Waals surface area contributed by atoms with Crippen molar-refractivity contribution in [3.63, 3.8) is 0 Å². The van der Waals surface area contributed by atoms with Crippen molar-refractivity contribution in [2.75, 3.05) is 6.61 Å². The van der Waals surface area contributed by atoms with Crippen LogP contribution >= 0.6 is 0 Å². The van der Waals surface area contributed by atoms with Crippen molar-refractivity contribution in [1.29, 1.82) is 0 Å². The molecule has 3 unspecified atom stereocenters. The Bertz CT molecular complexity index is 373. The van der Waals surface area contributed by atoms with E-state index in [9.17, 15) is 14.4 Å². The summed E-state index contributed by atoms with van der Waals surface area (Å²) in [4.78, 5) is 33.1. The molecule has 0 aromatic rings. The van der Waals surface area contributed by atoms with E-state index < -0.39 is 24.0 Å². The van der Waals surface area contributed by atoms with Crippen molar-refractivity contribution in [2.24, 2.45) is 0 Å². The average Bonchev–Trinajstić information content (AvgIpc) is 2.33. The molecule has 3 atom stereocenters. The van der Waals surface area contributed by atoms with Crippen molar-refractivity contribution in [1.82, 2.24) is 10.6 Å². The molecule has 1 aliphatic heterocycles. The summed E-state index contributed by atoms with van der Waals surface area (Å²) in [7, 11) is 0.